The van der Waals surface area contributed by atoms with Crippen LogP contribution in [0.1, 0.15) is 13.8 Å². The summed E-state index contributed by atoms with van der Waals surface area (Å²) in [5, 5.41) is 9.11. The van der Waals surface area contributed by atoms with Crippen LogP contribution in [-0.2, 0) is 19.1 Å². The number of ether oxygens (including phenoxy) is 1. The van der Waals surface area contributed by atoms with E-state index in [1.807, 2.05) is 21.1 Å². The number of aliphatic carboxylic acids is 1. The molecule has 0 rings (SSSR count). The summed E-state index contributed by atoms with van der Waals surface area (Å²) in [5.74, 6) is -3.95. The molecule has 0 aliphatic rings. The van der Waals surface area contributed by atoms with Crippen molar-refractivity contribution < 1.29 is 28.7 Å². The number of nitrogens with zero attached hydrogens (tertiary/aromatic N) is 1. The first-order valence-electron chi connectivity index (χ1n) is 5.95. The molecule has 0 aromatic heterocycles. The van der Waals surface area contributed by atoms with Crippen LogP contribution in [0.4, 0.5) is 0 Å². The van der Waals surface area contributed by atoms with Crippen molar-refractivity contribution in [2.45, 2.75) is 26.0 Å². The van der Waals surface area contributed by atoms with Gasteiger partial charge in [-0.05, 0) is 13.8 Å². The van der Waals surface area contributed by atoms with Gasteiger partial charge in [-0.25, -0.2) is 0 Å². The molecule has 0 aliphatic carbocycles. The summed E-state index contributed by atoms with van der Waals surface area (Å²) in [6.07, 6.45) is -1.03. The van der Waals surface area contributed by atoms with Crippen molar-refractivity contribution >= 4 is 17.7 Å². The van der Waals surface area contributed by atoms with Crippen molar-refractivity contribution in [3.8, 4) is 0 Å². The standard InChI is InChI=1S/C12H22N2O5/c1-7(13)12(18)19-9(6-14(3,4)5)10(8(2)15)11(16)17/h7,9-10H,6,13H2,1-5H3/p+1/t7-,9?,10?/m0/s1. The quantitative estimate of drug-likeness (QED) is 0.359. The van der Waals surface area contributed by atoms with E-state index in [1.54, 1.807) is 0 Å². The molecule has 0 aromatic carbocycles. The third kappa shape index (κ3) is 6.30. The van der Waals surface area contributed by atoms with Crippen LogP contribution in [0.2, 0.25) is 0 Å². The van der Waals surface area contributed by atoms with Crippen molar-refractivity contribution in [1.29, 1.82) is 0 Å². The molecule has 0 saturated heterocycles. The van der Waals surface area contributed by atoms with Gasteiger partial charge in [-0.1, -0.05) is 0 Å². The van der Waals surface area contributed by atoms with Crippen molar-refractivity contribution in [2.24, 2.45) is 11.7 Å². The number of hydrogen-bond donors (Lipinski definition) is 2. The van der Waals surface area contributed by atoms with Gasteiger partial charge in [0.05, 0.1) is 21.1 Å². The lowest BCUT2D eigenvalue weighted by atomic mass is 9.97. The van der Waals surface area contributed by atoms with Gasteiger partial charge in [-0.3, -0.25) is 14.4 Å². The second kappa shape index (κ2) is 6.63. The Morgan fingerprint density at radius 2 is 1.74 bits per heavy atom. The van der Waals surface area contributed by atoms with E-state index >= 15 is 0 Å². The topological polar surface area (TPSA) is 107 Å². The maximum Gasteiger partial charge on any atom is 0.323 e. The van der Waals surface area contributed by atoms with Crippen LogP contribution < -0.4 is 5.73 Å². The molecule has 2 unspecified atom stereocenters. The molecule has 0 amide bonds. The Balaban J connectivity index is 5.19. The summed E-state index contributed by atoms with van der Waals surface area (Å²) in [5.41, 5.74) is 5.39. The van der Waals surface area contributed by atoms with Crippen LogP contribution in [0, 0.1) is 5.92 Å². The lowest BCUT2D eigenvalue weighted by Crippen LogP contribution is -2.50. The Labute approximate surface area is 112 Å². The lowest BCUT2D eigenvalue weighted by Gasteiger charge is -2.31. The first-order valence-corrected chi connectivity index (χ1v) is 5.95. The number of nitrogens with two attached hydrogens (primary N) is 1. The average molecular weight is 275 g/mol. The Bertz CT molecular complexity index is 346. The number of carbonyl (C=O) groups is 3. The summed E-state index contributed by atoms with van der Waals surface area (Å²) in [6, 6.07) is -0.864. The Morgan fingerprint density at radius 3 is 2.00 bits per heavy atom. The highest BCUT2D eigenvalue weighted by molar-refractivity contribution is 5.97. The maximum atomic E-state index is 11.5. The number of rotatable bonds is 7. The van der Waals surface area contributed by atoms with Gasteiger partial charge in [0.1, 0.15) is 18.4 Å². The second-order valence-corrected chi connectivity index (χ2v) is 5.66. The molecular formula is C12H23N2O5+. The van der Waals surface area contributed by atoms with Gasteiger partial charge < -0.3 is 20.1 Å². The SMILES string of the molecule is CC(=O)C(C(=O)O)C(C[N+](C)(C)C)OC(=O)[C@H](C)N. The number of ketones is 1. The highest BCUT2D eigenvalue weighted by Crippen LogP contribution is 2.14. The molecule has 110 valence electrons. The molecule has 0 aromatic rings. The van der Waals surface area contributed by atoms with Crippen LogP contribution in [-0.4, -0.2) is 67.1 Å². The minimum Gasteiger partial charge on any atom is -0.481 e. The molecule has 0 aliphatic heterocycles. The van der Waals surface area contributed by atoms with Crippen LogP contribution >= 0.6 is 0 Å². The van der Waals surface area contributed by atoms with E-state index in [2.05, 4.69) is 0 Å². The van der Waals surface area contributed by atoms with Crippen LogP contribution in [0.25, 0.3) is 0 Å². The minimum atomic E-state index is -1.37. The fraction of sp³-hybridized carbons (Fsp3) is 0.750. The Hall–Kier alpha value is -1.47. The normalized spacial score (nSPS) is 16.3. The van der Waals surface area contributed by atoms with Crippen molar-refractivity contribution in [3.63, 3.8) is 0 Å². The monoisotopic (exact) mass is 275 g/mol. The molecule has 19 heavy (non-hydrogen) atoms. The fourth-order valence-corrected chi connectivity index (χ4v) is 1.60. The highest BCUT2D eigenvalue weighted by Gasteiger charge is 2.39. The predicted molar refractivity (Wildman–Crippen MR) is 68.2 cm³/mol. The van der Waals surface area contributed by atoms with Gasteiger partial charge in [0.15, 0.2) is 12.0 Å². The van der Waals surface area contributed by atoms with E-state index in [9.17, 15) is 14.4 Å². The summed E-state index contributed by atoms with van der Waals surface area (Å²) in [4.78, 5) is 34.2. The van der Waals surface area contributed by atoms with Gasteiger partial charge in [0.2, 0.25) is 0 Å². The Morgan fingerprint density at radius 1 is 1.26 bits per heavy atom. The molecule has 0 heterocycles. The predicted octanol–water partition coefficient (Wildman–Crippen LogP) is -0.759. The van der Waals surface area contributed by atoms with E-state index in [0.29, 0.717) is 4.48 Å². The molecule has 0 bridgehead atoms. The first kappa shape index (κ1) is 17.5. The van der Waals surface area contributed by atoms with E-state index in [-0.39, 0.29) is 6.54 Å². The molecule has 0 radical (unpaired) electrons. The van der Waals surface area contributed by atoms with E-state index in [4.69, 9.17) is 15.6 Å². The average Bonchev–Trinajstić information content (AvgIpc) is 2.12. The zero-order chi connectivity index (χ0) is 15.4. The van der Waals surface area contributed by atoms with Crippen molar-refractivity contribution in [2.75, 3.05) is 27.7 Å². The number of carbonyl (C=O) groups excluding carboxylic acids is 2. The number of carboxylic acids is 1. The minimum absolute atomic E-state index is 0.203. The van der Waals surface area contributed by atoms with Crippen molar-refractivity contribution in [3.05, 3.63) is 0 Å². The number of quaternary nitrogens is 1. The highest BCUT2D eigenvalue weighted by atomic mass is 16.5. The molecule has 3 atom stereocenters. The van der Waals surface area contributed by atoms with Gasteiger partial charge >= 0.3 is 11.9 Å². The second-order valence-electron chi connectivity index (χ2n) is 5.66. The summed E-state index contributed by atoms with van der Waals surface area (Å²) >= 11 is 0. The smallest absolute Gasteiger partial charge is 0.323 e. The summed E-state index contributed by atoms with van der Waals surface area (Å²) in [6.45, 7) is 2.81. The Kier molecular flexibility index (Phi) is 6.11. The third-order valence-electron chi connectivity index (χ3n) is 2.44. The number of Topliss-reactive ketones (excluding diaryl/α,β-unsaturated/α-hetero) is 1. The molecular weight excluding hydrogens is 252 g/mol. The first-order chi connectivity index (χ1) is 8.45. The molecule has 3 N–H and O–H groups in total. The van der Waals surface area contributed by atoms with E-state index < -0.39 is 35.8 Å². The third-order valence-corrected chi connectivity index (χ3v) is 2.44. The number of carboxylic acid groups (broad SMARTS) is 1. The number of likely N-dealkylation sites (N-methyl/N-ethyl adjacent to an activating group) is 1. The van der Waals surface area contributed by atoms with Gasteiger partial charge in [0, 0.05) is 0 Å². The van der Waals surface area contributed by atoms with Crippen molar-refractivity contribution in [1.82, 2.24) is 0 Å². The fourth-order valence-electron chi connectivity index (χ4n) is 1.60. The summed E-state index contributed by atoms with van der Waals surface area (Å²) < 4.78 is 5.45. The summed E-state index contributed by atoms with van der Waals surface area (Å²) in [7, 11) is 5.43. The van der Waals surface area contributed by atoms with E-state index in [0.717, 1.165) is 0 Å². The molecule has 0 saturated carbocycles. The van der Waals surface area contributed by atoms with Gasteiger partial charge in [-0.15, -0.1) is 0 Å². The number of esters is 1. The molecule has 0 spiro atoms. The molecule has 0 fully saturated rings. The molecule has 7 heteroatoms. The van der Waals surface area contributed by atoms with Gasteiger partial charge in [-0.2, -0.15) is 0 Å². The van der Waals surface area contributed by atoms with Crippen LogP contribution in [0.5, 0.6) is 0 Å². The van der Waals surface area contributed by atoms with E-state index in [1.165, 1.54) is 13.8 Å². The number of hydrogen-bond acceptors (Lipinski definition) is 5. The zero-order valence-corrected chi connectivity index (χ0v) is 12.0. The van der Waals surface area contributed by atoms with Crippen LogP contribution in [0.15, 0.2) is 0 Å². The zero-order valence-electron chi connectivity index (χ0n) is 12.0. The van der Waals surface area contributed by atoms with Crippen LogP contribution in [0.3, 0.4) is 0 Å². The largest absolute Gasteiger partial charge is 0.481 e. The lowest BCUT2D eigenvalue weighted by molar-refractivity contribution is -0.873. The van der Waals surface area contributed by atoms with Gasteiger partial charge in [0.25, 0.3) is 0 Å². The molecule has 7 nitrogen and oxygen atoms in total. The maximum absolute atomic E-state index is 11.5.